The molecule has 0 saturated carbocycles. The van der Waals surface area contributed by atoms with Crippen molar-refractivity contribution in [3.05, 3.63) is 29.1 Å². The molecule has 0 spiro atoms. The highest BCUT2D eigenvalue weighted by Crippen LogP contribution is 2.45. The standard InChI is InChI=1S/C14H17O6PS/c1-17-11-5-4-10-8-13(22-12(10)9-11)14(15)20-6-7-21(16,18-2)19-3/h4-5,8-9H,6-7H2,1-3H3. The van der Waals surface area contributed by atoms with Crippen LogP contribution in [0.2, 0.25) is 0 Å². The van der Waals surface area contributed by atoms with Crippen LogP contribution in [-0.4, -0.2) is 40.1 Å². The van der Waals surface area contributed by atoms with E-state index in [1.165, 1.54) is 25.6 Å². The van der Waals surface area contributed by atoms with Crippen LogP contribution in [0.15, 0.2) is 24.3 Å². The smallest absolute Gasteiger partial charge is 0.348 e. The number of ether oxygens (including phenoxy) is 2. The Bertz CT molecular complexity index is 702. The van der Waals surface area contributed by atoms with Gasteiger partial charge in [0.25, 0.3) is 0 Å². The average Bonchev–Trinajstić information content (AvgIpc) is 2.97. The Morgan fingerprint density at radius 2 is 1.91 bits per heavy atom. The van der Waals surface area contributed by atoms with E-state index in [2.05, 4.69) is 0 Å². The quantitative estimate of drug-likeness (QED) is 0.565. The molecule has 2 aromatic rings. The van der Waals surface area contributed by atoms with Crippen LogP contribution in [0.5, 0.6) is 5.75 Å². The van der Waals surface area contributed by atoms with E-state index in [0.29, 0.717) is 4.88 Å². The Morgan fingerprint density at radius 3 is 2.55 bits per heavy atom. The van der Waals surface area contributed by atoms with Crippen molar-refractivity contribution in [2.45, 2.75) is 0 Å². The molecular weight excluding hydrogens is 327 g/mol. The molecule has 0 N–H and O–H groups in total. The first kappa shape index (κ1) is 17.0. The van der Waals surface area contributed by atoms with E-state index in [1.54, 1.807) is 13.2 Å². The van der Waals surface area contributed by atoms with Gasteiger partial charge >= 0.3 is 13.6 Å². The molecule has 2 rings (SSSR count). The van der Waals surface area contributed by atoms with E-state index in [-0.39, 0.29) is 12.8 Å². The third kappa shape index (κ3) is 3.87. The summed E-state index contributed by atoms with van der Waals surface area (Å²) in [5.41, 5.74) is 0. The van der Waals surface area contributed by atoms with E-state index in [4.69, 9.17) is 18.5 Å². The van der Waals surface area contributed by atoms with E-state index >= 15 is 0 Å². The highest BCUT2D eigenvalue weighted by molar-refractivity contribution is 7.53. The van der Waals surface area contributed by atoms with Gasteiger partial charge in [-0.1, -0.05) is 0 Å². The van der Waals surface area contributed by atoms with Gasteiger partial charge in [0.05, 0.1) is 13.3 Å². The molecule has 0 saturated heterocycles. The van der Waals surface area contributed by atoms with Crippen LogP contribution in [0.4, 0.5) is 0 Å². The van der Waals surface area contributed by atoms with E-state index in [0.717, 1.165) is 15.8 Å². The van der Waals surface area contributed by atoms with Crippen molar-refractivity contribution in [2.24, 2.45) is 0 Å². The summed E-state index contributed by atoms with van der Waals surface area (Å²) in [5.74, 6) is 0.273. The Kier molecular flexibility index (Phi) is 5.58. The Labute approximate surface area is 132 Å². The van der Waals surface area contributed by atoms with Crippen molar-refractivity contribution >= 4 is 35.0 Å². The average molecular weight is 344 g/mol. The Hall–Kier alpha value is -1.40. The summed E-state index contributed by atoms with van der Waals surface area (Å²) in [5, 5.41) is 0.942. The van der Waals surface area contributed by atoms with Gasteiger partial charge in [-0.15, -0.1) is 11.3 Å². The van der Waals surface area contributed by atoms with Gasteiger partial charge in [-0.3, -0.25) is 4.57 Å². The maximum atomic E-state index is 12.0. The van der Waals surface area contributed by atoms with Crippen LogP contribution in [-0.2, 0) is 18.3 Å². The molecule has 1 aromatic carbocycles. The highest BCUT2D eigenvalue weighted by atomic mass is 32.1. The van der Waals surface area contributed by atoms with Gasteiger partial charge in [-0.25, -0.2) is 4.79 Å². The van der Waals surface area contributed by atoms with Crippen LogP contribution in [0.25, 0.3) is 10.1 Å². The topological polar surface area (TPSA) is 71.1 Å². The van der Waals surface area contributed by atoms with Gasteiger partial charge < -0.3 is 18.5 Å². The number of hydrogen-bond acceptors (Lipinski definition) is 7. The first-order valence-corrected chi connectivity index (χ1v) is 9.01. The van der Waals surface area contributed by atoms with Gasteiger partial charge in [-0.05, 0) is 29.7 Å². The molecule has 0 atom stereocenters. The fourth-order valence-electron chi connectivity index (χ4n) is 1.82. The molecule has 0 aliphatic heterocycles. The molecule has 1 aromatic heterocycles. The van der Waals surface area contributed by atoms with E-state index in [9.17, 15) is 9.36 Å². The van der Waals surface area contributed by atoms with Crippen molar-refractivity contribution in [3.63, 3.8) is 0 Å². The molecule has 0 amide bonds. The molecule has 0 unspecified atom stereocenters. The summed E-state index contributed by atoms with van der Waals surface area (Å²) >= 11 is 1.32. The number of rotatable bonds is 7. The van der Waals surface area contributed by atoms with Crippen molar-refractivity contribution in [3.8, 4) is 5.75 Å². The fraction of sp³-hybridized carbons (Fsp3) is 0.357. The summed E-state index contributed by atoms with van der Waals surface area (Å²) in [6.07, 6.45) is 0.0183. The predicted octanol–water partition coefficient (Wildman–Crippen LogP) is 3.55. The first-order valence-electron chi connectivity index (χ1n) is 6.46. The summed E-state index contributed by atoms with van der Waals surface area (Å²) in [4.78, 5) is 12.5. The SMILES string of the molecule is COc1ccc2cc(C(=O)OCCP(=O)(OC)OC)sc2c1. The van der Waals surface area contributed by atoms with E-state index in [1.807, 2.05) is 18.2 Å². The van der Waals surface area contributed by atoms with E-state index < -0.39 is 13.6 Å². The number of benzene rings is 1. The van der Waals surface area contributed by atoms with Gasteiger partial charge in [0.2, 0.25) is 0 Å². The summed E-state index contributed by atoms with van der Waals surface area (Å²) in [7, 11) is 1.03. The molecule has 0 radical (unpaired) electrons. The van der Waals surface area contributed by atoms with Gasteiger partial charge in [0.1, 0.15) is 17.2 Å². The minimum absolute atomic E-state index is 0.0183. The summed E-state index contributed by atoms with van der Waals surface area (Å²) in [6.45, 7) is -0.0324. The molecule has 0 aliphatic rings. The lowest BCUT2D eigenvalue weighted by Gasteiger charge is -2.12. The maximum Gasteiger partial charge on any atom is 0.348 e. The number of carbonyl (C=O) groups excluding carboxylic acids is 1. The second kappa shape index (κ2) is 7.24. The number of esters is 1. The van der Waals surface area contributed by atoms with Crippen molar-refractivity contribution < 1.29 is 27.9 Å². The first-order chi connectivity index (χ1) is 10.5. The lowest BCUT2D eigenvalue weighted by molar-refractivity contribution is 0.0530. The molecule has 0 aliphatic carbocycles. The van der Waals surface area contributed by atoms with Crippen LogP contribution >= 0.6 is 18.9 Å². The largest absolute Gasteiger partial charge is 0.497 e. The Morgan fingerprint density at radius 1 is 1.18 bits per heavy atom. The molecule has 22 heavy (non-hydrogen) atoms. The molecule has 8 heteroatoms. The molecule has 120 valence electrons. The molecule has 0 fully saturated rings. The van der Waals surface area contributed by atoms with Gasteiger partial charge in [0, 0.05) is 18.9 Å². The number of thiophene rings is 1. The zero-order chi connectivity index (χ0) is 16.2. The van der Waals surface area contributed by atoms with Crippen molar-refractivity contribution in [1.29, 1.82) is 0 Å². The maximum absolute atomic E-state index is 12.0. The zero-order valence-electron chi connectivity index (χ0n) is 12.5. The monoisotopic (exact) mass is 344 g/mol. The lowest BCUT2D eigenvalue weighted by Crippen LogP contribution is -2.09. The van der Waals surface area contributed by atoms with Crippen LogP contribution in [0.1, 0.15) is 9.67 Å². The minimum atomic E-state index is -3.16. The lowest BCUT2D eigenvalue weighted by atomic mass is 10.2. The molecule has 6 nitrogen and oxygen atoms in total. The van der Waals surface area contributed by atoms with Gasteiger partial charge in [-0.2, -0.15) is 0 Å². The fourth-order valence-corrected chi connectivity index (χ4v) is 3.63. The number of carbonyl (C=O) groups is 1. The minimum Gasteiger partial charge on any atom is -0.497 e. The van der Waals surface area contributed by atoms with Crippen molar-refractivity contribution in [2.75, 3.05) is 34.1 Å². The van der Waals surface area contributed by atoms with Crippen LogP contribution in [0.3, 0.4) is 0 Å². The van der Waals surface area contributed by atoms with Crippen LogP contribution in [0, 0.1) is 0 Å². The number of fused-ring (bicyclic) bond motifs is 1. The molecule has 0 bridgehead atoms. The summed E-state index contributed by atoms with van der Waals surface area (Å²) in [6, 6.07) is 7.33. The normalized spacial score (nSPS) is 11.6. The molecular formula is C14H17O6PS. The predicted molar refractivity (Wildman–Crippen MR) is 85.2 cm³/mol. The highest BCUT2D eigenvalue weighted by Gasteiger charge is 2.22. The Balaban J connectivity index is 2.02. The molecule has 1 heterocycles. The van der Waals surface area contributed by atoms with Crippen molar-refractivity contribution in [1.82, 2.24) is 0 Å². The second-order valence-corrected chi connectivity index (χ2v) is 7.83. The number of hydrogen-bond donors (Lipinski definition) is 0. The second-order valence-electron chi connectivity index (χ2n) is 4.35. The number of methoxy groups -OCH3 is 1. The van der Waals surface area contributed by atoms with Crippen LogP contribution < -0.4 is 4.74 Å². The zero-order valence-corrected chi connectivity index (χ0v) is 14.2. The third-order valence-corrected chi connectivity index (χ3v) is 6.00. The summed E-state index contributed by atoms with van der Waals surface area (Å²) < 4.78 is 32.6. The van der Waals surface area contributed by atoms with Gasteiger partial charge in [0.15, 0.2) is 0 Å². The third-order valence-electron chi connectivity index (χ3n) is 3.08.